The maximum absolute atomic E-state index is 11.6. The molecule has 0 aromatic carbocycles. The Kier molecular flexibility index (Phi) is 5.32. The third-order valence-electron chi connectivity index (χ3n) is 2.18. The summed E-state index contributed by atoms with van der Waals surface area (Å²) in [5.41, 5.74) is 0. The molecule has 1 amide bonds. The maximum Gasteiger partial charge on any atom is 0.287 e. The van der Waals surface area contributed by atoms with Crippen LogP contribution in [0.15, 0.2) is 21.6 Å². The first-order valence-corrected chi connectivity index (χ1v) is 7.02. The van der Waals surface area contributed by atoms with E-state index in [4.69, 9.17) is 4.42 Å². The summed E-state index contributed by atoms with van der Waals surface area (Å²) < 4.78 is 29.9. The molecule has 0 unspecified atom stereocenters. The zero-order valence-corrected chi connectivity index (χ0v) is 11.1. The molecule has 0 radical (unpaired) electrons. The Labute approximate surface area is 106 Å². The van der Waals surface area contributed by atoms with E-state index in [0.29, 0.717) is 13.1 Å². The number of nitrogens with one attached hydrogen (secondary N) is 3. The van der Waals surface area contributed by atoms with Crippen LogP contribution in [0.2, 0.25) is 0 Å². The second kappa shape index (κ2) is 6.53. The average Bonchev–Trinajstić information content (AvgIpc) is 2.84. The standard InChI is InChI=1S/C10H17N3O4S/c1-3-12-6-7-13-10(14)8-4-5-9(17-8)18(15,16)11-2/h4-5,11-12H,3,6-7H2,1-2H3,(H,13,14). The first-order chi connectivity index (χ1) is 8.51. The number of hydrogen-bond donors (Lipinski definition) is 3. The van der Waals surface area contributed by atoms with Gasteiger partial charge in [-0.2, -0.15) is 0 Å². The summed E-state index contributed by atoms with van der Waals surface area (Å²) in [4.78, 5) is 11.6. The van der Waals surface area contributed by atoms with Crippen LogP contribution >= 0.6 is 0 Å². The molecule has 3 N–H and O–H groups in total. The van der Waals surface area contributed by atoms with Gasteiger partial charge in [-0.15, -0.1) is 0 Å². The highest BCUT2D eigenvalue weighted by atomic mass is 32.2. The zero-order valence-electron chi connectivity index (χ0n) is 10.3. The lowest BCUT2D eigenvalue weighted by Crippen LogP contribution is -2.31. The van der Waals surface area contributed by atoms with E-state index < -0.39 is 15.9 Å². The SMILES string of the molecule is CCNCCNC(=O)c1ccc(S(=O)(=O)NC)o1. The normalized spacial score (nSPS) is 11.4. The summed E-state index contributed by atoms with van der Waals surface area (Å²) in [6, 6.07) is 2.57. The van der Waals surface area contributed by atoms with E-state index in [2.05, 4.69) is 15.4 Å². The van der Waals surface area contributed by atoms with E-state index in [0.717, 1.165) is 6.54 Å². The van der Waals surface area contributed by atoms with E-state index in [1.165, 1.54) is 19.2 Å². The van der Waals surface area contributed by atoms with Crippen molar-refractivity contribution in [1.82, 2.24) is 15.4 Å². The Hall–Kier alpha value is -1.38. The molecule has 0 atom stereocenters. The first kappa shape index (κ1) is 14.7. The Morgan fingerprint density at radius 1 is 1.33 bits per heavy atom. The molecule has 18 heavy (non-hydrogen) atoms. The van der Waals surface area contributed by atoms with Crippen molar-refractivity contribution in [3.63, 3.8) is 0 Å². The second-order valence-corrected chi connectivity index (χ2v) is 5.25. The Morgan fingerprint density at radius 3 is 2.67 bits per heavy atom. The molecule has 1 aromatic rings. The third kappa shape index (κ3) is 3.83. The van der Waals surface area contributed by atoms with Crippen molar-refractivity contribution in [1.29, 1.82) is 0 Å². The van der Waals surface area contributed by atoms with Crippen LogP contribution in [0.4, 0.5) is 0 Å². The molecule has 7 nitrogen and oxygen atoms in total. The van der Waals surface area contributed by atoms with Crippen LogP contribution < -0.4 is 15.4 Å². The summed E-state index contributed by atoms with van der Waals surface area (Å²) in [5, 5.41) is 5.37. The number of rotatable bonds is 7. The van der Waals surface area contributed by atoms with Crippen molar-refractivity contribution >= 4 is 15.9 Å². The van der Waals surface area contributed by atoms with Crippen molar-refractivity contribution in [3.05, 3.63) is 17.9 Å². The molecule has 1 aromatic heterocycles. The Morgan fingerprint density at radius 2 is 2.06 bits per heavy atom. The summed E-state index contributed by atoms with van der Waals surface area (Å²) in [5.74, 6) is -0.467. The molecule has 102 valence electrons. The number of furan rings is 1. The number of carbonyl (C=O) groups is 1. The Bertz CT molecular complexity index is 495. The molecule has 0 aliphatic carbocycles. The van der Waals surface area contributed by atoms with Gasteiger partial charge in [-0.3, -0.25) is 4.79 Å². The topological polar surface area (TPSA) is 100 Å². The third-order valence-corrected chi connectivity index (χ3v) is 3.46. The molecule has 0 aliphatic heterocycles. The number of likely N-dealkylation sites (N-methyl/N-ethyl adjacent to an activating group) is 1. The summed E-state index contributed by atoms with van der Waals surface area (Å²) in [6.07, 6.45) is 0. The van der Waals surface area contributed by atoms with Gasteiger partial charge in [0.2, 0.25) is 5.09 Å². The lowest BCUT2D eigenvalue weighted by Gasteiger charge is -2.03. The van der Waals surface area contributed by atoms with Crippen LogP contribution in [-0.2, 0) is 10.0 Å². The van der Waals surface area contributed by atoms with Crippen molar-refractivity contribution in [3.8, 4) is 0 Å². The van der Waals surface area contributed by atoms with Gasteiger partial charge in [-0.1, -0.05) is 6.92 Å². The van der Waals surface area contributed by atoms with Gasteiger partial charge in [0.15, 0.2) is 5.76 Å². The fourth-order valence-corrected chi connectivity index (χ4v) is 1.86. The van der Waals surface area contributed by atoms with E-state index in [1.807, 2.05) is 6.92 Å². The minimum absolute atomic E-state index is 0.0275. The molecule has 1 heterocycles. The maximum atomic E-state index is 11.6. The molecule has 0 fully saturated rings. The van der Waals surface area contributed by atoms with Gasteiger partial charge in [-0.05, 0) is 25.7 Å². The summed E-state index contributed by atoms with van der Waals surface area (Å²) >= 11 is 0. The van der Waals surface area contributed by atoms with Gasteiger partial charge in [0, 0.05) is 13.1 Å². The zero-order chi connectivity index (χ0) is 13.6. The lowest BCUT2D eigenvalue weighted by molar-refractivity contribution is 0.0921. The van der Waals surface area contributed by atoms with Gasteiger partial charge < -0.3 is 15.1 Å². The highest BCUT2D eigenvalue weighted by Crippen LogP contribution is 2.13. The molecule has 1 rings (SSSR count). The smallest absolute Gasteiger partial charge is 0.287 e. The highest BCUT2D eigenvalue weighted by Gasteiger charge is 2.19. The van der Waals surface area contributed by atoms with Crippen molar-refractivity contribution < 1.29 is 17.6 Å². The number of sulfonamides is 1. The van der Waals surface area contributed by atoms with Crippen LogP contribution in [0.25, 0.3) is 0 Å². The van der Waals surface area contributed by atoms with Gasteiger partial charge >= 0.3 is 0 Å². The van der Waals surface area contributed by atoms with Crippen molar-refractivity contribution in [2.45, 2.75) is 12.0 Å². The predicted octanol–water partition coefficient (Wildman–Crippen LogP) is -0.473. The highest BCUT2D eigenvalue weighted by molar-refractivity contribution is 7.89. The van der Waals surface area contributed by atoms with Crippen LogP contribution in [0.3, 0.4) is 0 Å². The fraction of sp³-hybridized carbons (Fsp3) is 0.500. The number of amides is 1. The average molecular weight is 275 g/mol. The van der Waals surface area contributed by atoms with Crippen LogP contribution in [0.5, 0.6) is 0 Å². The van der Waals surface area contributed by atoms with E-state index in [1.54, 1.807) is 0 Å². The molecule has 0 spiro atoms. The van der Waals surface area contributed by atoms with Crippen LogP contribution in [0.1, 0.15) is 17.5 Å². The van der Waals surface area contributed by atoms with E-state index >= 15 is 0 Å². The largest absolute Gasteiger partial charge is 0.438 e. The van der Waals surface area contributed by atoms with Crippen LogP contribution in [0, 0.1) is 0 Å². The minimum Gasteiger partial charge on any atom is -0.438 e. The molecule has 8 heteroatoms. The minimum atomic E-state index is -3.65. The van der Waals surface area contributed by atoms with Gasteiger partial charge in [0.05, 0.1) is 0 Å². The Balaban J connectivity index is 2.60. The van der Waals surface area contributed by atoms with Crippen LogP contribution in [-0.4, -0.2) is 41.0 Å². The van der Waals surface area contributed by atoms with E-state index in [9.17, 15) is 13.2 Å². The molecular formula is C10H17N3O4S. The summed E-state index contributed by atoms with van der Waals surface area (Å²) in [6.45, 7) is 3.87. The van der Waals surface area contributed by atoms with Crippen molar-refractivity contribution in [2.75, 3.05) is 26.7 Å². The van der Waals surface area contributed by atoms with Gasteiger partial charge in [-0.25, -0.2) is 13.1 Å². The molecule has 0 aliphatic rings. The van der Waals surface area contributed by atoms with Crippen molar-refractivity contribution in [2.24, 2.45) is 0 Å². The van der Waals surface area contributed by atoms with Gasteiger partial charge in [0.1, 0.15) is 0 Å². The molecule has 0 saturated heterocycles. The molecule has 0 bridgehead atoms. The predicted molar refractivity (Wildman–Crippen MR) is 65.8 cm³/mol. The first-order valence-electron chi connectivity index (χ1n) is 5.53. The summed E-state index contributed by atoms with van der Waals surface area (Å²) in [7, 11) is -2.38. The molecular weight excluding hydrogens is 258 g/mol. The second-order valence-electron chi connectivity index (χ2n) is 3.44. The molecule has 0 saturated carbocycles. The fourth-order valence-electron chi connectivity index (χ4n) is 1.22. The van der Waals surface area contributed by atoms with E-state index in [-0.39, 0.29) is 10.9 Å². The quantitative estimate of drug-likeness (QED) is 0.584. The number of hydrogen-bond acceptors (Lipinski definition) is 5. The number of carbonyl (C=O) groups excluding carboxylic acids is 1. The van der Waals surface area contributed by atoms with Gasteiger partial charge in [0.25, 0.3) is 15.9 Å². The lowest BCUT2D eigenvalue weighted by atomic mass is 10.4. The monoisotopic (exact) mass is 275 g/mol.